The van der Waals surface area contributed by atoms with E-state index < -0.39 is 15.9 Å². The van der Waals surface area contributed by atoms with Gasteiger partial charge in [-0.25, -0.2) is 13.1 Å². The van der Waals surface area contributed by atoms with E-state index in [9.17, 15) is 18.3 Å². The Labute approximate surface area is 258 Å². The number of nitrogens with zero attached hydrogens (tertiary/aromatic N) is 1. The van der Waals surface area contributed by atoms with Gasteiger partial charge in [-0.2, -0.15) is 0 Å². The zero-order chi connectivity index (χ0) is 30.1. The highest BCUT2D eigenvalue weighted by molar-refractivity contribution is 9.10. The van der Waals surface area contributed by atoms with Crippen LogP contribution in [0.4, 0.5) is 0 Å². The van der Waals surface area contributed by atoms with E-state index in [0.29, 0.717) is 17.3 Å². The van der Waals surface area contributed by atoms with E-state index in [0.717, 1.165) is 50.6 Å². The predicted octanol–water partition coefficient (Wildman–Crippen LogP) is 6.41. The van der Waals surface area contributed by atoms with Crippen LogP contribution in [0.25, 0.3) is 21.8 Å². The minimum Gasteiger partial charge on any atom is -0.507 e. The first-order chi connectivity index (χ1) is 20.7. The second kappa shape index (κ2) is 12.0. The summed E-state index contributed by atoms with van der Waals surface area (Å²) in [5, 5.41) is 13.2. The van der Waals surface area contributed by atoms with Crippen molar-refractivity contribution >= 4 is 47.8 Å². The summed E-state index contributed by atoms with van der Waals surface area (Å²) in [5.74, 6) is -0.786. The summed E-state index contributed by atoms with van der Waals surface area (Å²) in [6.45, 7) is 0.182. The Morgan fingerprint density at radius 3 is 2.56 bits per heavy atom. The largest absolute Gasteiger partial charge is 0.507 e. The van der Waals surface area contributed by atoms with E-state index in [1.807, 2.05) is 91.0 Å². The molecule has 0 bridgehead atoms. The van der Waals surface area contributed by atoms with Gasteiger partial charge in [-0.3, -0.25) is 4.79 Å². The second-order valence-corrected chi connectivity index (χ2v) is 13.6. The molecule has 0 spiro atoms. The molecule has 0 amide bonds. The first-order valence-electron chi connectivity index (χ1n) is 14.2. The topological polar surface area (TPSA) is 104 Å². The molecule has 0 aliphatic heterocycles. The quantitative estimate of drug-likeness (QED) is 0.170. The van der Waals surface area contributed by atoms with Crippen LogP contribution in [0.5, 0.6) is 5.75 Å². The summed E-state index contributed by atoms with van der Waals surface area (Å²) in [5.41, 5.74) is 4.67. The van der Waals surface area contributed by atoms with Crippen molar-refractivity contribution in [1.82, 2.24) is 14.3 Å². The number of rotatable bonds is 9. The van der Waals surface area contributed by atoms with Crippen LogP contribution in [0.2, 0.25) is 0 Å². The number of para-hydroxylation sites is 2. The van der Waals surface area contributed by atoms with Crippen molar-refractivity contribution in [2.45, 2.75) is 25.2 Å². The molecule has 6 rings (SSSR count). The lowest BCUT2D eigenvalue weighted by atomic mass is 9.85. The zero-order valence-corrected chi connectivity index (χ0v) is 26.1. The lowest BCUT2D eigenvalue weighted by Crippen LogP contribution is -2.29. The molecule has 1 atom stereocenters. The number of halogens is 1. The number of allylic oxidation sites excluding steroid dienone is 3. The van der Waals surface area contributed by atoms with Crippen molar-refractivity contribution in [3.05, 3.63) is 134 Å². The van der Waals surface area contributed by atoms with Crippen LogP contribution in [0.1, 0.15) is 41.1 Å². The lowest BCUT2D eigenvalue weighted by Gasteiger charge is -2.22. The molecule has 1 unspecified atom stereocenters. The van der Waals surface area contributed by atoms with E-state index in [1.54, 1.807) is 11.6 Å². The first-order valence-corrected chi connectivity index (χ1v) is 16.7. The van der Waals surface area contributed by atoms with Gasteiger partial charge in [0.1, 0.15) is 5.75 Å². The Hall–Kier alpha value is -3.92. The normalized spacial score (nSPS) is 14.3. The van der Waals surface area contributed by atoms with Crippen LogP contribution in [-0.4, -0.2) is 35.4 Å². The number of pyridine rings is 1. The third-order valence-electron chi connectivity index (χ3n) is 8.04. The van der Waals surface area contributed by atoms with Crippen molar-refractivity contribution in [2.75, 3.05) is 12.3 Å². The Kier molecular flexibility index (Phi) is 8.13. The summed E-state index contributed by atoms with van der Waals surface area (Å²) in [6, 6.07) is 22.8. The molecule has 43 heavy (non-hydrogen) atoms. The molecular weight excluding hydrogens is 626 g/mol. The molecule has 2 heterocycles. The monoisotopic (exact) mass is 657 g/mol. The number of H-pyrrole nitrogens is 1. The highest BCUT2D eigenvalue weighted by Crippen LogP contribution is 2.41. The van der Waals surface area contributed by atoms with Gasteiger partial charge in [0.15, 0.2) is 0 Å². The molecule has 0 saturated carbocycles. The smallest absolute Gasteiger partial charge is 0.258 e. The molecule has 9 heteroatoms. The minimum atomic E-state index is -3.55. The number of aromatic hydroxyl groups is 1. The maximum Gasteiger partial charge on any atom is 0.258 e. The standard InChI is InChI=1S/C34H32BrN3O4S/c1-38-29-17-8-6-15-27(29)33(39)31(34(38)40)30(23-12-9-13-24(35)20-23)32-26(25-14-5-7-16-28(25)37-32)18-19-36-43(41,42)21-22-10-3-2-4-11-22/h3,5-17,20,30,36-37,39H,2,4,18-19,21H2,1H3. The number of sulfonamides is 1. The van der Waals surface area contributed by atoms with Crippen LogP contribution >= 0.6 is 15.9 Å². The van der Waals surface area contributed by atoms with Gasteiger partial charge >= 0.3 is 0 Å². The van der Waals surface area contributed by atoms with Crippen molar-refractivity contribution in [3.63, 3.8) is 0 Å². The molecule has 2 aromatic heterocycles. The fourth-order valence-electron chi connectivity index (χ4n) is 6.04. The fourth-order valence-corrected chi connectivity index (χ4v) is 7.63. The third kappa shape index (κ3) is 5.85. The SMILES string of the molecule is Cn1c(=O)c(C(c2cccc(Br)c2)c2[nH]c3ccccc3c2CCNS(=O)(=O)CC2=CCCC=C2)c(O)c2ccccc21. The van der Waals surface area contributed by atoms with Crippen LogP contribution in [0.15, 0.2) is 106 Å². The van der Waals surface area contributed by atoms with Gasteiger partial charge < -0.3 is 14.7 Å². The summed E-state index contributed by atoms with van der Waals surface area (Å²) in [6.07, 6.45) is 7.99. The molecule has 7 nitrogen and oxygen atoms in total. The summed E-state index contributed by atoms with van der Waals surface area (Å²) in [4.78, 5) is 17.6. The zero-order valence-electron chi connectivity index (χ0n) is 23.7. The van der Waals surface area contributed by atoms with Gasteiger partial charge in [-0.1, -0.05) is 76.6 Å². The predicted molar refractivity (Wildman–Crippen MR) is 176 cm³/mol. The molecule has 1 aliphatic rings. The molecule has 0 radical (unpaired) electrons. The van der Waals surface area contributed by atoms with Gasteiger partial charge in [0.05, 0.1) is 22.8 Å². The maximum absolute atomic E-state index is 14.0. The first kappa shape index (κ1) is 29.2. The van der Waals surface area contributed by atoms with Crippen molar-refractivity contribution in [1.29, 1.82) is 0 Å². The third-order valence-corrected chi connectivity index (χ3v) is 9.89. The van der Waals surface area contributed by atoms with E-state index in [4.69, 9.17) is 0 Å². The lowest BCUT2D eigenvalue weighted by molar-refractivity contribution is 0.470. The van der Waals surface area contributed by atoms with E-state index in [2.05, 4.69) is 25.6 Å². The molecule has 0 fully saturated rings. The Morgan fingerprint density at radius 1 is 1.02 bits per heavy atom. The summed E-state index contributed by atoms with van der Waals surface area (Å²) >= 11 is 3.58. The van der Waals surface area contributed by atoms with Crippen LogP contribution in [0.3, 0.4) is 0 Å². The van der Waals surface area contributed by atoms with Gasteiger partial charge in [0.25, 0.3) is 5.56 Å². The number of hydrogen-bond acceptors (Lipinski definition) is 4. The summed E-state index contributed by atoms with van der Waals surface area (Å²) < 4.78 is 31.1. The number of aromatic nitrogens is 2. The van der Waals surface area contributed by atoms with Crippen LogP contribution in [-0.2, 0) is 23.5 Å². The Balaban J connectivity index is 1.48. The minimum absolute atomic E-state index is 0.0636. The number of benzene rings is 3. The molecule has 3 N–H and O–H groups in total. The average Bonchev–Trinajstić information content (AvgIpc) is 3.36. The second-order valence-electron chi connectivity index (χ2n) is 10.9. The van der Waals surface area contributed by atoms with Crippen molar-refractivity contribution in [2.24, 2.45) is 7.05 Å². The van der Waals surface area contributed by atoms with Gasteiger partial charge in [-0.15, -0.1) is 0 Å². The Bertz CT molecular complexity index is 2080. The molecule has 1 aliphatic carbocycles. The number of fused-ring (bicyclic) bond motifs is 2. The molecule has 0 saturated heterocycles. The van der Waals surface area contributed by atoms with Gasteiger partial charge in [-0.05, 0) is 66.3 Å². The molecular formula is C34H32BrN3O4S. The highest BCUT2D eigenvalue weighted by atomic mass is 79.9. The number of aromatic amines is 1. The van der Waals surface area contributed by atoms with Gasteiger partial charge in [0, 0.05) is 40.0 Å². The highest BCUT2D eigenvalue weighted by Gasteiger charge is 2.30. The Morgan fingerprint density at radius 2 is 1.79 bits per heavy atom. The molecule has 220 valence electrons. The molecule has 3 aromatic carbocycles. The van der Waals surface area contributed by atoms with Crippen molar-refractivity contribution < 1.29 is 13.5 Å². The van der Waals surface area contributed by atoms with Gasteiger partial charge in [0.2, 0.25) is 10.0 Å². The maximum atomic E-state index is 14.0. The van der Waals surface area contributed by atoms with E-state index in [1.165, 1.54) is 0 Å². The molecule has 5 aromatic rings. The van der Waals surface area contributed by atoms with Crippen LogP contribution < -0.4 is 10.3 Å². The van der Waals surface area contributed by atoms with E-state index >= 15 is 0 Å². The fraction of sp³-hybridized carbons (Fsp3) is 0.206. The number of nitrogens with one attached hydrogen (secondary N) is 2. The summed E-state index contributed by atoms with van der Waals surface area (Å²) in [7, 11) is -1.84. The van der Waals surface area contributed by atoms with E-state index in [-0.39, 0.29) is 29.2 Å². The number of hydrogen-bond donors (Lipinski definition) is 3. The van der Waals surface area contributed by atoms with Crippen LogP contribution in [0, 0.1) is 0 Å². The van der Waals surface area contributed by atoms with Crippen molar-refractivity contribution in [3.8, 4) is 5.75 Å². The number of aryl methyl sites for hydroxylation is 1. The average molecular weight is 659 g/mol.